The average Bonchev–Trinajstić information content (AvgIpc) is 3.21. The third-order valence-corrected chi connectivity index (χ3v) is 5.61. The van der Waals surface area contributed by atoms with Gasteiger partial charge in [0, 0.05) is 31.1 Å². The number of nitrogens with zero attached hydrogens (tertiary/aromatic N) is 2. The molecule has 1 saturated heterocycles. The number of carbonyl (C=O) groups excluding carboxylic acids is 2. The number of amides is 2. The van der Waals surface area contributed by atoms with Gasteiger partial charge < -0.3 is 15.2 Å². The number of fused-ring (bicyclic) bond motifs is 1. The molecule has 2 heterocycles. The number of hydrogen-bond donors (Lipinski definition) is 2. The van der Waals surface area contributed by atoms with Gasteiger partial charge in [-0.15, -0.1) is 0 Å². The lowest BCUT2D eigenvalue weighted by molar-refractivity contribution is -0.132. The van der Waals surface area contributed by atoms with Crippen LogP contribution in [0.3, 0.4) is 0 Å². The fourth-order valence-corrected chi connectivity index (χ4v) is 3.78. The second-order valence-electron chi connectivity index (χ2n) is 7.75. The van der Waals surface area contributed by atoms with Gasteiger partial charge in [-0.1, -0.05) is 29.8 Å². The number of piperidine rings is 1. The summed E-state index contributed by atoms with van der Waals surface area (Å²) >= 11 is 0. The lowest BCUT2D eigenvalue weighted by Gasteiger charge is -2.32. The highest BCUT2D eigenvalue weighted by Crippen LogP contribution is 2.16. The van der Waals surface area contributed by atoms with Gasteiger partial charge in [-0.2, -0.15) is 0 Å². The Morgan fingerprint density at radius 1 is 1.14 bits per heavy atom. The van der Waals surface area contributed by atoms with Crippen molar-refractivity contribution >= 4 is 22.8 Å². The Bertz CT molecular complexity index is 1000. The van der Waals surface area contributed by atoms with Crippen molar-refractivity contribution in [2.75, 3.05) is 13.1 Å². The number of aromatic amines is 1. The van der Waals surface area contributed by atoms with E-state index < -0.39 is 0 Å². The maximum absolute atomic E-state index is 12.6. The van der Waals surface area contributed by atoms with Gasteiger partial charge in [0.15, 0.2) is 0 Å². The molecule has 4 rings (SSSR count). The van der Waals surface area contributed by atoms with E-state index in [0.717, 1.165) is 30.3 Å². The monoisotopic (exact) mass is 390 g/mol. The van der Waals surface area contributed by atoms with E-state index in [-0.39, 0.29) is 17.9 Å². The third-order valence-electron chi connectivity index (χ3n) is 5.61. The molecule has 150 valence electrons. The first-order valence-corrected chi connectivity index (χ1v) is 10.2. The molecule has 1 aromatic heterocycles. The molecule has 1 fully saturated rings. The van der Waals surface area contributed by atoms with E-state index in [4.69, 9.17) is 0 Å². The molecule has 2 aromatic carbocycles. The predicted octanol–water partition coefficient (Wildman–Crippen LogP) is 3.22. The largest absolute Gasteiger partial charge is 0.349 e. The SMILES string of the molecule is Cc1ccc(CCC(=O)N2CCC(NC(=O)c3ccc4nc[nH]c4c3)CC2)cc1. The van der Waals surface area contributed by atoms with E-state index in [1.807, 2.05) is 17.0 Å². The average molecular weight is 390 g/mol. The summed E-state index contributed by atoms with van der Waals surface area (Å²) in [5.41, 5.74) is 4.75. The lowest BCUT2D eigenvalue weighted by atomic mass is 10.0. The third kappa shape index (κ3) is 4.65. The molecule has 0 spiro atoms. The number of likely N-dealkylation sites (tertiary alicyclic amines) is 1. The minimum absolute atomic E-state index is 0.0781. The van der Waals surface area contributed by atoms with Crippen LogP contribution < -0.4 is 5.32 Å². The number of benzene rings is 2. The smallest absolute Gasteiger partial charge is 0.251 e. The number of aromatic nitrogens is 2. The van der Waals surface area contributed by atoms with Crippen LogP contribution in [0.5, 0.6) is 0 Å². The molecule has 0 unspecified atom stereocenters. The van der Waals surface area contributed by atoms with Crippen LogP contribution in [0.4, 0.5) is 0 Å². The highest BCUT2D eigenvalue weighted by molar-refractivity contribution is 5.97. The van der Waals surface area contributed by atoms with Crippen LogP contribution in [-0.4, -0.2) is 45.8 Å². The van der Waals surface area contributed by atoms with Crippen molar-refractivity contribution in [3.05, 3.63) is 65.5 Å². The van der Waals surface area contributed by atoms with Crippen LogP contribution in [0.15, 0.2) is 48.8 Å². The summed E-state index contributed by atoms with van der Waals surface area (Å²) in [7, 11) is 0. The van der Waals surface area contributed by atoms with Crippen molar-refractivity contribution in [2.45, 2.75) is 38.6 Å². The van der Waals surface area contributed by atoms with Crippen molar-refractivity contribution in [3.63, 3.8) is 0 Å². The first kappa shape index (κ1) is 19.2. The van der Waals surface area contributed by atoms with Crippen molar-refractivity contribution < 1.29 is 9.59 Å². The van der Waals surface area contributed by atoms with E-state index in [1.165, 1.54) is 11.1 Å². The zero-order valence-electron chi connectivity index (χ0n) is 16.6. The van der Waals surface area contributed by atoms with E-state index in [0.29, 0.717) is 25.1 Å². The normalized spacial score (nSPS) is 14.9. The Hall–Kier alpha value is -3.15. The number of carbonyl (C=O) groups is 2. The van der Waals surface area contributed by atoms with Crippen LogP contribution in [-0.2, 0) is 11.2 Å². The summed E-state index contributed by atoms with van der Waals surface area (Å²) in [5, 5.41) is 3.10. The van der Waals surface area contributed by atoms with Gasteiger partial charge in [0.05, 0.1) is 17.4 Å². The molecular weight excluding hydrogens is 364 g/mol. The molecule has 6 heteroatoms. The number of hydrogen-bond acceptors (Lipinski definition) is 3. The summed E-state index contributed by atoms with van der Waals surface area (Å²) in [5.74, 6) is 0.116. The predicted molar refractivity (Wildman–Crippen MR) is 113 cm³/mol. The van der Waals surface area contributed by atoms with Gasteiger partial charge in [0.1, 0.15) is 0 Å². The maximum Gasteiger partial charge on any atom is 0.251 e. The highest BCUT2D eigenvalue weighted by Gasteiger charge is 2.24. The van der Waals surface area contributed by atoms with Crippen LogP contribution in [0.25, 0.3) is 11.0 Å². The zero-order valence-corrected chi connectivity index (χ0v) is 16.6. The second-order valence-corrected chi connectivity index (χ2v) is 7.75. The van der Waals surface area contributed by atoms with Crippen LogP contribution in [0, 0.1) is 6.92 Å². The first-order chi connectivity index (χ1) is 14.1. The fourth-order valence-electron chi connectivity index (χ4n) is 3.78. The highest BCUT2D eigenvalue weighted by atomic mass is 16.2. The number of rotatable bonds is 5. The van der Waals surface area contributed by atoms with E-state index in [1.54, 1.807) is 12.4 Å². The number of nitrogens with one attached hydrogen (secondary N) is 2. The topological polar surface area (TPSA) is 78.1 Å². The van der Waals surface area contributed by atoms with Crippen molar-refractivity contribution in [2.24, 2.45) is 0 Å². The standard InChI is InChI=1S/C23H26N4O2/c1-16-2-4-17(5-3-16)6-9-22(28)27-12-10-19(11-13-27)26-23(29)18-7-8-20-21(14-18)25-15-24-20/h2-5,7-8,14-15,19H,6,9-13H2,1H3,(H,24,25)(H,26,29). The van der Waals surface area contributed by atoms with Gasteiger partial charge in [-0.25, -0.2) is 4.98 Å². The molecule has 0 saturated carbocycles. The van der Waals surface area contributed by atoms with Gasteiger partial charge in [0.2, 0.25) is 5.91 Å². The lowest BCUT2D eigenvalue weighted by Crippen LogP contribution is -2.46. The molecule has 2 N–H and O–H groups in total. The Labute approximate surface area is 170 Å². The number of imidazole rings is 1. The molecule has 1 aliphatic rings. The number of aryl methyl sites for hydroxylation is 2. The van der Waals surface area contributed by atoms with Crippen molar-refractivity contribution in [1.29, 1.82) is 0 Å². The molecule has 29 heavy (non-hydrogen) atoms. The molecular formula is C23H26N4O2. The summed E-state index contributed by atoms with van der Waals surface area (Å²) < 4.78 is 0. The quantitative estimate of drug-likeness (QED) is 0.702. The second kappa shape index (κ2) is 8.47. The maximum atomic E-state index is 12.6. The molecule has 2 amide bonds. The van der Waals surface area contributed by atoms with Gasteiger partial charge >= 0.3 is 0 Å². The van der Waals surface area contributed by atoms with Gasteiger partial charge in [-0.05, 0) is 49.9 Å². The Morgan fingerprint density at radius 2 is 1.90 bits per heavy atom. The molecule has 1 aliphatic heterocycles. The zero-order chi connectivity index (χ0) is 20.2. The fraction of sp³-hybridized carbons (Fsp3) is 0.348. The number of H-pyrrole nitrogens is 1. The summed E-state index contributed by atoms with van der Waals surface area (Å²) in [6, 6.07) is 13.9. The van der Waals surface area contributed by atoms with E-state index >= 15 is 0 Å². The minimum Gasteiger partial charge on any atom is -0.349 e. The van der Waals surface area contributed by atoms with Gasteiger partial charge in [-0.3, -0.25) is 9.59 Å². The van der Waals surface area contributed by atoms with Crippen LogP contribution >= 0.6 is 0 Å². The summed E-state index contributed by atoms with van der Waals surface area (Å²) in [6.07, 6.45) is 4.50. The Kier molecular flexibility index (Phi) is 5.60. The van der Waals surface area contributed by atoms with E-state index in [2.05, 4.69) is 46.5 Å². The van der Waals surface area contributed by atoms with Crippen LogP contribution in [0.2, 0.25) is 0 Å². The summed E-state index contributed by atoms with van der Waals surface area (Å²) in [6.45, 7) is 3.45. The molecule has 3 aromatic rings. The van der Waals surface area contributed by atoms with Crippen molar-refractivity contribution in [3.8, 4) is 0 Å². The molecule has 0 atom stereocenters. The van der Waals surface area contributed by atoms with E-state index in [9.17, 15) is 9.59 Å². The first-order valence-electron chi connectivity index (χ1n) is 10.2. The molecule has 6 nitrogen and oxygen atoms in total. The summed E-state index contributed by atoms with van der Waals surface area (Å²) in [4.78, 5) is 34.2. The molecule has 0 radical (unpaired) electrons. The Morgan fingerprint density at radius 3 is 2.66 bits per heavy atom. The molecule has 0 bridgehead atoms. The molecule has 0 aliphatic carbocycles. The Balaban J connectivity index is 1.24. The minimum atomic E-state index is -0.0781. The van der Waals surface area contributed by atoms with Gasteiger partial charge in [0.25, 0.3) is 5.91 Å². The van der Waals surface area contributed by atoms with Crippen molar-refractivity contribution in [1.82, 2.24) is 20.2 Å². The van der Waals surface area contributed by atoms with Crippen LogP contribution in [0.1, 0.15) is 40.7 Å².